The highest BCUT2D eigenvalue weighted by Crippen LogP contribution is 2.58. The first-order valence-electron chi connectivity index (χ1n) is 12.9. The van der Waals surface area contributed by atoms with E-state index in [1.165, 1.54) is 15.9 Å². The van der Waals surface area contributed by atoms with Gasteiger partial charge in [-0.25, -0.2) is 0 Å². The monoisotopic (exact) mass is 692 g/mol. The van der Waals surface area contributed by atoms with Gasteiger partial charge in [-0.05, 0) is 86.2 Å². The maximum Gasteiger partial charge on any atom is 0.184 e. The van der Waals surface area contributed by atoms with Gasteiger partial charge in [-0.1, -0.05) is 84.7 Å². The van der Waals surface area contributed by atoms with Crippen LogP contribution >= 0.6 is 30.5 Å². The average Bonchev–Trinajstić information content (AvgIpc) is 2.89. The molecule has 0 amide bonds. The molecule has 0 aliphatic rings. The van der Waals surface area contributed by atoms with Crippen molar-refractivity contribution >= 4 is 54.7 Å². The van der Waals surface area contributed by atoms with Crippen LogP contribution in [0.4, 0.5) is 0 Å². The van der Waals surface area contributed by atoms with Crippen molar-refractivity contribution in [2.24, 2.45) is 5.92 Å². The maximum atomic E-state index is 6.98. The zero-order chi connectivity index (χ0) is 26.5. The highest BCUT2D eigenvalue weighted by atomic mass is 127. The van der Waals surface area contributed by atoms with Crippen molar-refractivity contribution in [3.63, 3.8) is 0 Å². The van der Waals surface area contributed by atoms with Crippen LogP contribution in [0.1, 0.15) is 25.0 Å². The zero-order valence-electron chi connectivity index (χ0n) is 22.5. The fourth-order valence-corrected chi connectivity index (χ4v) is 11.5. The molecule has 0 saturated heterocycles. The summed E-state index contributed by atoms with van der Waals surface area (Å²) in [5.41, 5.74) is 1.07. The minimum Gasteiger partial charge on any atom is -1.00 e. The third-order valence-electron chi connectivity index (χ3n) is 6.75. The third kappa shape index (κ3) is 7.50. The summed E-state index contributed by atoms with van der Waals surface area (Å²) in [6.07, 6.45) is 1.87. The molecule has 0 aliphatic carbocycles. The standard InChI is InChI=1S/C32H36Cl2OPSi.HI/c1-5-25(32(35-37(2,3)4)26-21-27(33)23-28(34)22-26)24-36(29-15-9-6-10-16-29,30-17-11-7-12-18-30)31-19-13-8-14-20-31;/h6-23,25,32H,5,24H2,1-4H3;1H/q+1;/p-1. The second kappa shape index (κ2) is 13.9. The van der Waals surface area contributed by atoms with E-state index < -0.39 is 15.6 Å². The number of hydrogen-bond acceptors (Lipinski definition) is 1. The molecule has 0 spiro atoms. The van der Waals surface area contributed by atoms with Crippen LogP contribution in [0.15, 0.2) is 109 Å². The summed E-state index contributed by atoms with van der Waals surface area (Å²) in [5.74, 6) is 0.259. The molecule has 0 heterocycles. The van der Waals surface area contributed by atoms with Gasteiger partial charge in [0.1, 0.15) is 23.2 Å². The number of hydrogen-bond donors (Lipinski definition) is 0. The molecular formula is C32H36Cl2IOPSi. The molecule has 0 aliphatic heterocycles. The molecule has 2 atom stereocenters. The highest BCUT2D eigenvalue weighted by molar-refractivity contribution is 7.95. The Kier molecular flexibility index (Phi) is 11.5. The number of halogens is 3. The van der Waals surface area contributed by atoms with Crippen molar-refractivity contribution in [2.75, 3.05) is 6.16 Å². The van der Waals surface area contributed by atoms with Gasteiger partial charge in [-0.3, -0.25) is 0 Å². The molecule has 0 bridgehead atoms. The lowest BCUT2D eigenvalue weighted by Gasteiger charge is -2.37. The summed E-state index contributed by atoms with van der Waals surface area (Å²) in [4.78, 5) is 0. The topological polar surface area (TPSA) is 9.23 Å². The Balaban J connectivity index is 0.00000400. The number of rotatable bonds is 10. The van der Waals surface area contributed by atoms with Crippen molar-refractivity contribution in [1.82, 2.24) is 0 Å². The largest absolute Gasteiger partial charge is 1.00 e. The molecule has 0 saturated carbocycles. The Morgan fingerprint density at radius 3 is 1.42 bits per heavy atom. The van der Waals surface area contributed by atoms with E-state index in [2.05, 4.69) is 118 Å². The number of benzene rings is 4. The third-order valence-corrected chi connectivity index (χ3v) is 12.7. The van der Waals surface area contributed by atoms with Crippen molar-refractivity contribution in [3.8, 4) is 0 Å². The summed E-state index contributed by atoms with van der Waals surface area (Å²) >= 11 is 13.0. The minimum atomic E-state index is -2.02. The van der Waals surface area contributed by atoms with E-state index in [-0.39, 0.29) is 36.0 Å². The fraction of sp³-hybridized carbons (Fsp3) is 0.250. The molecule has 4 rings (SSSR count). The van der Waals surface area contributed by atoms with E-state index in [0.29, 0.717) is 10.0 Å². The van der Waals surface area contributed by atoms with Crippen LogP contribution in [0.25, 0.3) is 0 Å². The van der Waals surface area contributed by atoms with Crippen LogP contribution in [0, 0.1) is 5.92 Å². The summed E-state index contributed by atoms with van der Waals surface area (Å²) in [5, 5.41) is 5.47. The van der Waals surface area contributed by atoms with Crippen LogP contribution < -0.4 is 39.9 Å². The van der Waals surface area contributed by atoms with Crippen molar-refractivity contribution < 1.29 is 28.4 Å². The Bertz CT molecular complexity index is 1170. The summed E-state index contributed by atoms with van der Waals surface area (Å²) in [7, 11) is -3.92. The molecule has 0 aromatic heterocycles. The normalized spacial score (nSPS) is 13.4. The molecule has 200 valence electrons. The van der Waals surface area contributed by atoms with Gasteiger partial charge >= 0.3 is 0 Å². The van der Waals surface area contributed by atoms with E-state index >= 15 is 0 Å². The lowest BCUT2D eigenvalue weighted by atomic mass is 9.95. The summed E-state index contributed by atoms with van der Waals surface area (Å²) < 4.78 is 6.98. The van der Waals surface area contributed by atoms with Crippen molar-refractivity contribution in [1.29, 1.82) is 0 Å². The van der Waals surface area contributed by atoms with E-state index in [1.54, 1.807) is 6.07 Å². The predicted octanol–water partition coefficient (Wildman–Crippen LogP) is 5.91. The molecule has 1 nitrogen and oxygen atoms in total. The summed E-state index contributed by atoms with van der Waals surface area (Å²) in [6.45, 7) is 9.06. The summed E-state index contributed by atoms with van der Waals surface area (Å²) in [6, 6.07) is 39.1. The minimum absolute atomic E-state index is 0. The Hall–Kier alpha value is -1.20. The Labute approximate surface area is 257 Å². The molecule has 4 aromatic rings. The molecular weight excluding hydrogens is 657 g/mol. The first kappa shape index (κ1) is 31.3. The quantitative estimate of drug-likeness (QED) is 0.114. The molecule has 4 aromatic carbocycles. The lowest BCUT2D eigenvalue weighted by molar-refractivity contribution is -0.00000897. The lowest BCUT2D eigenvalue weighted by Crippen LogP contribution is -3.00. The second-order valence-electron chi connectivity index (χ2n) is 10.5. The van der Waals surface area contributed by atoms with Crippen molar-refractivity contribution in [3.05, 3.63) is 125 Å². The predicted molar refractivity (Wildman–Crippen MR) is 167 cm³/mol. The second-order valence-corrected chi connectivity index (χ2v) is 19.4. The molecule has 2 unspecified atom stereocenters. The van der Waals surface area contributed by atoms with E-state index in [4.69, 9.17) is 27.6 Å². The van der Waals surface area contributed by atoms with Gasteiger partial charge in [0.05, 0.1) is 12.3 Å². The first-order valence-corrected chi connectivity index (χ1v) is 19.1. The highest BCUT2D eigenvalue weighted by Gasteiger charge is 2.48. The molecule has 0 N–H and O–H groups in total. The molecule has 0 radical (unpaired) electrons. The van der Waals surface area contributed by atoms with E-state index in [1.807, 2.05) is 12.1 Å². The zero-order valence-corrected chi connectivity index (χ0v) is 28.0. The smallest absolute Gasteiger partial charge is 0.184 e. The van der Waals surface area contributed by atoms with Gasteiger partial charge in [-0.15, -0.1) is 0 Å². The first-order chi connectivity index (χ1) is 17.7. The SMILES string of the molecule is CCC(C[P+](c1ccccc1)(c1ccccc1)c1ccccc1)C(O[Si](C)(C)C)c1cc(Cl)cc(Cl)c1.[I-]. The van der Waals surface area contributed by atoms with Crippen LogP contribution in [-0.2, 0) is 4.43 Å². The Morgan fingerprint density at radius 2 is 1.08 bits per heavy atom. The Morgan fingerprint density at radius 1 is 0.684 bits per heavy atom. The van der Waals surface area contributed by atoms with Gasteiger partial charge in [0.25, 0.3) is 0 Å². The van der Waals surface area contributed by atoms with Gasteiger partial charge < -0.3 is 28.4 Å². The molecule has 6 heteroatoms. The van der Waals surface area contributed by atoms with E-state index in [9.17, 15) is 0 Å². The molecule has 38 heavy (non-hydrogen) atoms. The van der Waals surface area contributed by atoms with Gasteiger partial charge in [0.15, 0.2) is 8.32 Å². The average molecular weight is 694 g/mol. The van der Waals surface area contributed by atoms with Crippen molar-refractivity contribution in [2.45, 2.75) is 39.1 Å². The van der Waals surface area contributed by atoms with Crippen LogP contribution in [-0.4, -0.2) is 14.5 Å². The maximum absolute atomic E-state index is 6.98. The van der Waals surface area contributed by atoms with Crippen LogP contribution in [0.5, 0.6) is 0 Å². The van der Waals surface area contributed by atoms with E-state index in [0.717, 1.165) is 18.1 Å². The fourth-order valence-electron chi connectivity index (χ4n) is 5.16. The van der Waals surface area contributed by atoms with Gasteiger partial charge in [0.2, 0.25) is 0 Å². The van der Waals surface area contributed by atoms with Gasteiger partial charge in [0, 0.05) is 16.0 Å². The van der Waals surface area contributed by atoms with Crippen LogP contribution in [0.3, 0.4) is 0 Å². The van der Waals surface area contributed by atoms with Gasteiger partial charge in [-0.2, -0.15) is 0 Å². The van der Waals surface area contributed by atoms with Crippen LogP contribution in [0.2, 0.25) is 29.7 Å². The molecule has 0 fully saturated rings.